The highest BCUT2D eigenvalue weighted by Crippen LogP contribution is 2.28. The Kier molecular flexibility index (Phi) is 4.49. The SMILES string of the molecule is O=C(Nc1nnc(-c2cccc(O)c2)s1)OCc1ccccc1. The van der Waals surface area contributed by atoms with Crippen molar-refractivity contribution in [1.29, 1.82) is 0 Å². The fraction of sp³-hybridized carbons (Fsp3) is 0.0625. The number of hydrogen-bond acceptors (Lipinski definition) is 6. The van der Waals surface area contributed by atoms with Gasteiger partial charge in [0.05, 0.1) is 0 Å². The number of carbonyl (C=O) groups excluding carboxylic acids is 1. The summed E-state index contributed by atoms with van der Waals surface area (Å²) in [6.07, 6.45) is -0.590. The predicted octanol–water partition coefficient (Wildman–Crippen LogP) is 3.66. The first-order chi connectivity index (χ1) is 11.2. The Hall–Kier alpha value is -2.93. The molecule has 0 fully saturated rings. The van der Waals surface area contributed by atoms with Crippen LogP contribution in [0.4, 0.5) is 9.93 Å². The topological polar surface area (TPSA) is 84.3 Å². The van der Waals surface area contributed by atoms with Gasteiger partial charge in [0, 0.05) is 5.56 Å². The van der Waals surface area contributed by atoms with Gasteiger partial charge in [0.25, 0.3) is 0 Å². The second kappa shape index (κ2) is 6.89. The van der Waals surface area contributed by atoms with Crippen LogP contribution in [0.3, 0.4) is 0 Å². The molecule has 0 aliphatic heterocycles. The molecular weight excluding hydrogens is 314 g/mol. The van der Waals surface area contributed by atoms with Crippen LogP contribution in [0.5, 0.6) is 5.75 Å². The highest BCUT2D eigenvalue weighted by molar-refractivity contribution is 7.18. The first kappa shape index (κ1) is 15.0. The van der Waals surface area contributed by atoms with Crippen molar-refractivity contribution < 1.29 is 14.6 Å². The summed E-state index contributed by atoms with van der Waals surface area (Å²) in [6.45, 7) is 0.185. The van der Waals surface area contributed by atoms with Gasteiger partial charge in [-0.05, 0) is 17.7 Å². The molecule has 3 rings (SSSR count). The van der Waals surface area contributed by atoms with Crippen molar-refractivity contribution in [3.05, 3.63) is 60.2 Å². The average molecular weight is 327 g/mol. The van der Waals surface area contributed by atoms with Gasteiger partial charge in [-0.1, -0.05) is 53.8 Å². The van der Waals surface area contributed by atoms with Crippen LogP contribution in [-0.2, 0) is 11.3 Å². The van der Waals surface area contributed by atoms with Crippen molar-refractivity contribution >= 4 is 22.6 Å². The van der Waals surface area contributed by atoms with Gasteiger partial charge in [-0.3, -0.25) is 5.32 Å². The molecule has 3 aromatic rings. The molecule has 0 bridgehead atoms. The van der Waals surface area contributed by atoms with Crippen LogP contribution in [0.15, 0.2) is 54.6 Å². The van der Waals surface area contributed by atoms with Crippen molar-refractivity contribution in [2.24, 2.45) is 0 Å². The molecule has 0 unspecified atom stereocenters. The molecule has 1 amide bonds. The monoisotopic (exact) mass is 327 g/mol. The Balaban J connectivity index is 1.59. The summed E-state index contributed by atoms with van der Waals surface area (Å²) >= 11 is 1.20. The lowest BCUT2D eigenvalue weighted by Gasteiger charge is -2.04. The summed E-state index contributed by atoms with van der Waals surface area (Å²) in [5, 5.41) is 20.8. The number of nitrogens with one attached hydrogen (secondary N) is 1. The molecule has 2 aromatic carbocycles. The second-order valence-electron chi connectivity index (χ2n) is 4.65. The van der Waals surface area contributed by atoms with Crippen molar-refractivity contribution in [1.82, 2.24) is 10.2 Å². The van der Waals surface area contributed by atoms with Gasteiger partial charge in [0.2, 0.25) is 5.13 Å². The molecule has 0 aliphatic rings. The van der Waals surface area contributed by atoms with Crippen molar-refractivity contribution in [3.63, 3.8) is 0 Å². The standard InChI is InChI=1S/C16H13N3O3S/c20-13-8-4-7-12(9-13)14-18-19-15(23-14)17-16(21)22-10-11-5-2-1-3-6-11/h1-9,20H,10H2,(H,17,19,21). The van der Waals surface area contributed by atoms with Gasteiger partial charge < -0.3 is 9.84 Å². The van der Waals surface area contributed by atoms with E-state index < -0.39 is 6.09 Å². The van der Waals surface area contributed by atoms with Gasteiger partial charge in [-0.25, -0.2) is 4.79 Å². The van der Waals surface area contributed by atoms with E-state index in [0.717, 1.165) is 11.1 Å². The van der Waals surface area contributed by atoms with Crippen LogP contribution in [-0.4, -0.2) is 21.4 Å². The van der Waals surface area contributed by atoms with Crippen LogP contribution in [0.25, 0.3) is 10.6 Å². The van der Waals surface area contributed by atoms with Gasteiger partial charge in [-0.15, -0.1) is 10.2 Å². The molecule has 6 nitrogen and oxygen atoms in total. The maximum atomic E-state index is 11.8. The highest BCUT2D eigenvalue weighted by atomic mass is 32.1. The lowest BCUT2D eigenvalue weighted by Crippen LogP contribution is -2.13. The summed E-state index contributed by atoms with van der Waals surface area (Å²) in [4.78, 5) is 11.8. The fourth-order valence-corrected chi connectivity index (χ4v) is 2.60. The number of anilines is 1. The Labute approximate surface area is 136 Å². The van der Waals surface area contributed by atoms with E-state index in [1.54, 1.807) is 24.3 Å². The minimum absolute atomic E-state index is 0.148. The number of aromatic nitrogens is 2. The summed E-state index contributed by atoms with van der Waals surface area (Å²) in [6, 6.07) is 16.1. The zero-order chi connectivity index (χ0) is 16.1. The molecule has 0 saturated heterocycles. The normalized spacial score (nSPS) is 10.3. The molecule has 7 heteroatoms. The highest BCUT2D eigenvalue weighted by Gasteiger charge is 2.11. The number of rotatable bonds is 4. The molecule has 0 atom stereocenters. The number of amides is 1. The summed E-state index contributed by atoms with van der Waals surface area (Å²) in [5.41, 5.74) is 1.63. The van der Waals surface area contributed by atoms with E-state index in [2.05, 4.69) is 15.5 Å². The maximum Gasteiger partial charge on any atom is 0.413 e. The minimum atomic E-state index is -0.590. The van der Waals surface area contributed by atoms with Crippen LogP contribution < -0.4 is 5.32 Å². The van der Waals surface area contributed by atoms with Gasteiger partial charge in [0.1, 0.15) is 17.4 Å². The Morgan fingerprint density at radius 2 is 1.96 bits per heavy atom. The predicted molar refractivity (Wildman–Crippen MR) is 87.3 cm³/mol. The molecule has 1 aromatic heterocycles. The third-order valence-corrected chi connectivity index (χ3v) is 3.83. The number of benzene rings is 2. The van der Waals surface area contributed by atoms with E-state index in [1.165, 1.54) is 11.3 Å². The second-order valence-corrected chi connectivity index (χ2v) is 5.63. The number of phenols is 1. The van der Waals surface area contributed by atoms with Crippen molar-refractivity contribution in [3.8, 4) is 16.3 Å². The first-order valence-electron chi connectivity index (χ1n) is 6.81. The summed E-state index contributed by atoms with van der Waals surface area (Å²) in [5.74, 6) is 0.148. The van der Waals surface area contributed by atoms with E-state index in [-0.39, 0.29) is 12.4 Å². The fourth-order valence-electron chi connectivity index (χ4n) is 1.88. The number of nitrogens with zero attached hydrogens (tertiary/aromatic N) is 2. The number of phenolic OH excluding ortho intramolecular Hbond substituents is 1. The number of carbonyl (C=O) groups is 1. The van der Waals surface area contributed by atoms with Crippen LogP contribution in [0, 0.1) is 0 Å². The smallest absolute Gasteiger partial charge is 0.413 e. The van der Waals surface area contributed by atoms with Crippen molar-refractivity contribution in [2.45, 2.75) is 6.61 Å². The largest absolute Gasteiger partial charge is 0.508 e. The molecule has 1 heterocycles. The molecular formula is C16H13N3O3S. The lowest BCUT2D eigenvalue weighted by molar-refractivity contribution is 0.155. The number of aromatic hydroxyl groups is 1. The quantitative estimate of drug-likeness (QED) is 0.764. The van der Waals surface area contributed by atoms with Crippen molar-refractivity contribution in [2.75, 3.05) is 5.32 Å². The summed E-state index contributed by atoms with van der Waals surface area (Å²) < 4.78 is 5.11. The molecule has 0 saturated carbocycles. The van der Waals surface area contributed by atoms with E-state index in [0.29, 0.717) is 10.1 Å². The molecule has 0 spiro atoms. The van der Waals surface area contributed by atoms with E-state index >= 15 is 0 Å². The van der Waals surface area contributed by atoms with E-state index in [1.807, 2.05) is 30.3 Å². The third kappa shape index (κ3) is 4.04. The van der Waals surface area contributed by atoms with Crippen LogP contribution in [0.2, 0.25) is 0 Å². The van der Waals surface area contributed by atoms with Crippen LogP contribution in [0.1, 0.15) is 5.56 Å². The summed E-state index contributed by atoms with van der Waals surface area (Å²) in [7, 11) is 0. The van der Waals surface area contributed by atoms with Gasteiger partial charge in [0.15, 0.2) is 0 Å². The first-order valence-corrected chi connectivity index (χ1v) is 7.63. The Bertz CT molecular complexity index is 805. The molecule has 23 heavy (non-hydrogen) atoms. The van der Waals surface area contributed by atoms with Gasteiger partial charge >= 0.3 is 6.09 Å². The maximum absolute atomic E-state index is 11.8. The lowest BCUT2D eigenvalue weighted by atomic mass is 10.2. The zero-order valence-electron chi connectivity index (χ0n) is 12.0. The molecule has 0 radical (unpaired) electrons. The Morgan fingerprint density at radius 3 is 2.74 bits per heavy atom. The van der Waals surface area contributed by atoms with E-state index in [9.17, 15) is 9.90 Å². The molecule has 116 valence electrons. The molecule has 2 N–H and O–H groups in total. The number of hydrogen-bond donors (Lipinski definition) is 2. The van der Waals surface area contributed by atoms with E-state index in [4.69, 9.17) is 4.74 Å². The zero-order valence-corrected chi connectivity index (χ0v) is 12.8. The van der Waals surface area contributed by atoms with Crippen LogP contribution >= 0.6 is 11.3 Å². The number of ether oxygens (including phenoxy) is 1. The third-order valence-electron chi connectivity index (χ3n) is 2.94. The Morgan fingerprint density at radius 1 is 1.13 bits per heavy atom. The van der Waals surface area contributed by atoms with Gasteiger partial charge in [-0.2, -0.15) is 0 Å². The molecule has 0 aliphatic carbocycles. The average Bonchev–Trinajstić information content (AvgIpc) is 3.02. The minimum Gasteiger partial charge on any atom is -0.508 e.